The summed E-state index contributed by atoms with van der Waals surface area (Å²) in [6.45, 7) is 2.41. The highest BCUT2D eigenvalue weighted by Gasteiger charge is 2.12. The second-order valence-electron chi connectivity index (χ2n) is 3.56. The minimum atomic E-state index is 0.565. The van der Waals surface area contributed by atoms with E-state index in [1.165, 1.54) is 6.33 Å². The number of hydrogen-bond donors (Lipinski definition) is 1. The smallest absolute Gasteiger partial charge is 0.228 e. The first kappa shape index (κ1) is 11.1. The summed E-state index contributed by atoms with van der Waals surface area (Å²) < 4.78 is 6.53. The Bertz CT molecular complexity index is 536. The Balaban J connectivity index is 2.02. The van der Waals surface area contributed by atoms with Gasteiger partial charge in [-0.1, -0.05) is 5.16 Å². The van der Waals surface area contributed by atoms with E-state index in [0.29, 0.717) is 30.2 Å². The average molecular weight is 232 g/mol. The normalized spacial score (nSPS) is 10.2. The molecule has 0 aliphatic rings. The molecule has 0 atom stereocenters. The molecule has 0 unspecified atom stereocenters. The van der Waals surface area contributed by atoms with Crippen LogP contribution in [0.25, 0.3) is 0 Å². The number of anilines is 1. The second-order valence-corrected chi connectivity index (χ2v) is 3.56. The average Bonchev–Trinajstić information content (AvgIpc) is 2.88. The van der Waals surface area contributed by atoms with Crippen molar-refractivity contribution in [1.82, 2.24) is 19.9 Å². The lowest BCUT2D eigenvalue weighted by molar-refractivity contribution is 0.379. The van der Waals surface area contributed by atoms with Gasteiger partial charge >= 0.3 is 0 Å². The Hall–Kier alpha value is -2.36. The van der Waals surface area contributed by atoms with Gasteiger partial charge in [-0.2, -0.15) is 15.3 Å². The van der Waals surface area contributed by atoms with Crippen LogP contribution in [0.15, 0.2) is 10.9 Å². The Morgan fingerprint density at radius 2 is 2.41 bits per heavy atom. The molecule has 7 nitrogen and oxygen atoms in total. The molecule has 0 amide bonds. The van der Waals surface area contributed by atoms with Gasteiger partial charge in [0, 0.05) is 20.0 Å². The molecule has 0 saturated heterocycles. The summed E-state index contributed by atoms with van der Waals surface area (Å²) in [5.74, 6) is 1.28. The molecular weight excluding hydrogens is 220 g/mol. The molecule has 0 bridgehead atoms. The predicted molar refractivity (Wildman–Crippen MR) is 59.2 cm³/mol. The van der Waals surface area contributed by atoms with Crippen molar-refractivity contribution in [3.63, 3.8) is 0 Å². The molecule has 1 N–H and O–H groups in total. The van der Waals surface area contributed by atoms with Crippen molar-refractivity contribution in [3.8, 4) is 6.07 Å². The lowest BCUT2D eigenvalue weighted by Crippen LogP contribution is -2.09. The Labute approximate surface area is 98.0 Å². The van der Waals surface area contributed by atoms with Crippen LogP contribution in [0.5, 0.6) is 0 Å². The highest BCUT2D eigenvalue weighted by molar-refractivity contribution is 5.54. The number of hydrogen-bond acceptors (Lipinski definition) is 6. The Morgan fingerprint density at radius 1 is 1.59 bits per heavy atom. The SMILES string of the molecule is Cc1nn(C)c(NCCc2ncno2)c1C#N. The number of aryl methyl sites for hydroxylation is 2. The minimum Gasteiger partial charge on any atom is -0.369 e. The number of nitrogens with one attached hydrogen (secondary N) is 1. The molecular formula is C10H12N6O. The van der Waals surface area contributed by atoms with E-state index in [1.807, 2.05) is 6.92 Å². The first-order valence-corrected chi connectivity index (χ1v) is 5.15. The topological polar surface area (TPSA) is 92.6 Å². The molecule has 0 aromatic carbocycles. The maximum Gasteiger partial charge on any atom is 0.228 e. The van der Waals surface area contributed by atoms with Crippen LogP contribution in [0, 0.1) is 18.3 Å². The summed E-state index contributed by atoms with van der Waals surface area (Å²) in [5.41, 5.74) is 1.29. The summed E-state index contributed by atoms with van der Waals surface area (Å²) in [6.07, 6.45) is 1.97. The standard InChI is InChI=1S/C10H12N6O/c1-7-8(5-11)10(16(2)15-7)12-4-3-9-13-6-14-17-9/h6,12H,3-4H2,1-2H3. The van der Waals surface area contributed by atoms with Crippen LogP contribution in [-0.4, -0.2) is 26.5 Å². The van der Waals surface area contributed by atoms with Crippen LogP contribution in [0.1, 0.15) is 17.1 Å². The number of nitrogens with zero attached hydrogens (tertiary/aromatic N) is 5. The fourth-order valence-electron chi connectivity index (χ4n) is 1.59. The molecule has 0 fully saturated rings. The van der Waals surface area contributed by atoms with E-state index in [1.54, 1.807) is 11.7 Å². The molecule has 7 heteroatoms. The van der Waals surface area contributed by atoms with Gasteiger partial charge < -0.3 is 9.84 Å². The van der Waals surface area contributed by atoms with Crippen molar-refractivity contribution >= 4 is 5.82 Å². The van der Waals surface area contributed by atoms with Gasteiger partial charge in [-0.3, -0.25) is 4.68 Å². The molecule has 0 aliphatic carbocycles. The van der Waals surface area contributed by atoms with Crippen LogP contribution >= 0.6 is 0 Å². The lowest BCUT2D eigenvalue weighted by atomic mass is 10.2. The number of nitriles is 1. The van der Waals surface area contributed by atoms with E-state index in [-0.39, 0.29) is 0 Å². The highest BCUT2D eigenvalue weighted by Crippen LogP contribution is 2.16. The van der Waals surface area contributed by atoms with Gasteiger partial charge in [-0.05, 0) is 6.92 Å². The van der Waals surface area contributed by atoms with Gasteiger partial charge in [-0.15, -0.1) is 0 Å². The maximum absolute atomic E-state index is 9.01. The Morgan fingerprint density at radius 3 is 3.06 bits per heavy atom. The molecule has 0 radical (unpaired) electrons. The van der Waals surface area contributed by atoms with E-state index in [2.05, 4.69) is 26.6 Å². The van der Waals surface area contributed by atoms with E-state index in [0.717, 1.165) is 5.69 Å². The van der Waals surface area contributed by atoms with Crippen LogP contribution in [0.4, 0.5) is 5.82 Å². The van der Waals surface area contributed by atoms with E-state index < -0.39 is 0 Å². The third-order valence-electron chi connectivity index (χ3n) is 2.37. The van der Waals surface area contributed by atoms with Crippen LogP contribution in [0.3, 0.4) is 0 Å². The fourth-order valence-corrected chi connectivity index (χ4v) is 1.59. The molecule has 2 aromatic rings. The second kappa shape index (κ2) is 4.65. The zero-order valence-electron chi connectivity index (χ0n) is 9.64. The molecule has 2 aromatic heterocycles. The van der Waals surface area contributed by atoms with E-state index in [4.69, 9.17) is 9.78 Å². The highest BCUT2D eigenvalue weighted by atomic mass is 16.5. The minimum absolute atomic E-state index is 0.565. The maximum atomic E-state index is 9.01. The van der Waals surface area contributed by atoms with Crippen molar-refractivity contribution in [1.29, 1.82) is 5.26 Å². The summed E-state index contributed by atoms with van der Waals surface area (Å²) in [4.78, 5) is 3.91. The summed E-state index contributed by atoms with van der Waals surface area (Å²) >= 11 is 0. The van der Waals surface area contributed by atoms with Crippen LogP contribution < -0.4 is 5.32 Å². The third-order valence-corrected chi connectivity index (χ3v) is 2.37. The predicted octanol–water partition coefficient (Wildman–Crippen LogP) is 0.638. The van der Waals surface area contributed by atoms with Gasteiger partial charge in [0.15, 0.2) is 6.33 Å². The molecule has 88 valence electrons. The van der Waals surface area contributed by atoms with E-state index >= 15 is 0 Å². The van der Waals surface area contributed by atoms with Gasteiger partial charge in [0.2, 0.25) is 5.89 Å². The first-order chi connectivity index (χ1) is 8.22. The van der Waals surface area contributed by atoms with Crippen LogP contribution in [-0.2, 0) is 13.5 Å². The monoisotopic (exact) mass is 232 g/mol. The van der Waals surface area contributed by atoms with E-state index in [9.17, 15) is 0 Å². The van der Waals surface area contributed by atoms with Crippen molar-refractivity contribution in [3.05, 3.63) is 23.5 Å². The fraction of sp³-hybridized carbons (Fsp3) is 0.400. The zero-order chi connectivity index (χ0) is 12.3. The van der Waals surface area contributed by atoms with Gasteiger partial charge in [0.05, 0.1) is 5.69 Å². The molecule has 2 heterocycles. The van der Waals surface area contributed by atoms with Crippen molar-refractivity contribution in [2.75, 3.05) is 11.9 Å². The lowest BCUT2D eigenvalue weighted by Gasteiger charge is -2.04. The number of rotatable bonds is 4. The van der Waals surface area contributed by atoms with Crippen molar-refractivity contribution in [2.45, 2.75) is 13.3 Å². The van der Waals surface area contributed by atoms with Crippen LogP contribution in [0.2, 0.25) is 0 Å². The largest absolute Gasteiger partial charge is 0.369 e. The van der Waals surface area contributed by atoms with Gasteiger partial charge in [0.1, 0.15) is 17.5 Å². The molecule has 0 spiro atoms. The quantitative estimate of drug-likeness (QED) is 0.831. The molecule has 0 aliphatic heterocycles. The summed E-state index contributed by atoms with van der Waals surface area (Å²) in [7, 11) is 1.79. The summed E-state index contributed by atoms with van der Waals surface area (Å²) in [6, 6.07) is 2.13. The Kier molecular flexibility index (Phi) is 3.05. The number of aromatic nitrogens is 4. The van der Waals surface area contributed by atoms with Crippen molar-refractivity contribution in [2.24, 2.45) is 7.05 Å². The molecule has 17 heavy (non-hydrogen) atoms. The van der Waals surface area contributed by atoms with Crippen molar-refractivity contribution < 1.29 is 4.52 Å². The summed E-state index contributed by atoms with van der Waals surface area (Å²) in [5, 5.41) is 19.9. The first-order valence-electron chi connectivity index (χ1n) is 5.15. The van der Waals surface area contributed by atoms with Gasteiger partial charge in [0.25, 0.3) is 0 Å². The van der Waals surface area contributed by atoms with Gasteiger partial charge in [-0.25, -0.2) is 0 Å². The zero-order valence-corrected chi connectivity index (χ0v) is 9.64. The molecule has 2 rings (SSSR count). The third kappa shape index (κ3) is 2.25. The molecule has 0 saturated carbocycles.